The second-order valence-corrected chi connectivity index (χ2v) is 3.88. The molecule has 7 nitrogen and oxygen atoms in total. The Hall–Kier alpha value is -2.18. The normalized spacial score (nSPS) is 10.0. The third-order valence-corrected chi connectivity index (χ3v) is 2.41. The van der Waals surface area contributed by atoms with E-state index in [4.69, 9.17) is 4.74 Å². The number of carbonyl (C=O) groups is 2. The summed E-state index contributed by atoms with van der Waals surface area (Å²) in [4.78, 5) is 34.1. The zero-order chi connectivity index (χ0) is 14.3. The van der Waals surface area contributed by atoms with Gasteiger partial charge in [-0.1, -0.05) is 13.3 Å². The zero-order valence-electron chi connectivity index (χ0n) is 11.0. The molecule has 1 amide bonds. The maximum atomic E-state index is 11.6. The molecule has 19 heavy (non-hydrogen) atoms. The summed E-state index contributed by atoms with van der Waals surface area (Å²) < 4.78 is 5.97. The van der Waals surface area contributed by atoms with E-state index in [0.717, 1.165) is 12.8 Å². The number of amides is 1. The molecular weight excluding hydrogens is 250 g/mol. The van der Waals surface area contributed by atoms with Crippen molar-refractivity contribution in [3.05, 3.63) is 28.2 Å². The van der Waals surface area contributed by atoms with E-state index in [-0.39, 0.29) is 17.9 Å². The highest BCUT2D eigenvalue weighted by molar-refractivity contribution is 5.89. The van der Waals surface area contributed by atoms with Crippen molar-refractivity contribution in [2.75, 3.05) is 13.7 Å². The Balaban J connectivity index is 2.74. The number of ether oxygens (including phenoxy) is 1. The Morgan fingerprint density at radius 1 is 1.42 bits per heavy atom. The molecule has 0 atom stereocenters. The molecule has 104 valence electrons. The van der Waals surface area contributed by atoms with E-state index in [1.54, 1.807) is 0 Å². The van der Waals surface area contributed by atoms with Gasteiger partial charge >= 0.3 is 5.97 Å². The first kappa shape index (κ1) is 14.9. The van der Waals surface area contributed by atoms with Crippen molar-refractivity contribution in [1.82, 2.24) is 15.1 Å². The molecule has 0 bridgehead atoms. The van der Waals surface area contributed by atoms with Gasteiger partial charge in [-0.3, -0.25) is 9.59 Å². The fourth-order valence-corrected chi connectivity index (χ4v) is 1.30. The van der Waals surface area contributed by atoms with Crippen molar-refractivity contribution in [3.8, 4) is 0 Å². The summed E-state index contributed by atoms with van der Waals surface area (Å²) in [6.07, 6.45) is 1.71. The highest BCUT2D eigenvalue weighted by Gasteiger charge is 2.12. The van der Waals surface area contributed by atoms with Crippen LogP contribution in [-0.4, -0.2) is 35.3 Å². The molecule has 0 aliphatic carbocycles. The maximum absolute atomic E-state index is 11.6. The van der Waals surface area contributed by atoms with E-state index in [1.165, 1.54) is 23.9 Å². The Morgan fingerprint density at radius 3 is 2.79 bits per heavy atom. The molecular formula is C12H17N3O4. The molecule has 0 spiro atoms. The van der Waals surface area contributed by atoms with Gasteiger partial charge in [0.2, 0.25) is 0 Å². The summed E-state index contributed by atoms with van der Waals surface area (Å²) in [5.41, 5.74) is -0.254. The molecule has 1 aromatic rings. The van der Waals surface area contributed by atoms with E-state index in [9.17, 15) is 14.4 Å². The topological polar surface area (TPSA) is 90.3 Å². The maximum Gasteiger partial charge on any atom is 0.359 e. The van der Waals surface area contributed by atoms with Crippen LogP contribution in [0.15, 0.2) is 16.9 Å². The predicted molar refractivity (Wildman–Crippen MR) is 67.8 cm³/mol. The molecule has 0 fully saturated rings. The molecule has 0 unspecified atom stereocenters. The number of aromatic nitrogens is 2. The molecule has 1 aromatic heterocycles. The first-order chi connectivity index (χ1) is 9.08. The van der Waals surface area contributed by atoms with Gasteiger partial charge in [-0.2, -0.15) is 5.10 Å². The van der Waals surface area contributed by atoms with E-state index >= 15 is 0 Å². The summed E-state index contributed by atoms with van der Waals surface area (Å²) in [6, 6.07) is 2.55. The fourth-order valence-electron chi connectivity index (χ4n) is 1.30. The number of esters is 1. The van der Waals surface area contributed by atoms with Gasteiger partial charge in [-0.25, -0.2) is 9.48 Å². The minimum Gasteiger partial charge on any atom is -0.451 e. The van der Waals surface area contributed by atoms with Crippen LogP contribution in [0.4, 0.5) is 0 Å². The van der Waals surface area contributed by atoms with Crippen LogP contribution in [0, 0.1) is 0 Å². The molecule has 0 aliphatic heterocycles. The van der Waals surface area contributed by atoms with Crippen LogP contribution in [0.3, 0.4) is 0 Å². The molecule has 0 saturated heterocycles. The largest absolute Gasteiger partial charge is 0.451 e. The number of carbonyl (C=O) groups excluding carboxylic acids is 2. The van der Waals surface area contributed by atoms with Gasteiger partial charge in [0.1, 0.15) is 0 Å². The molecule has 0 saturated carbocycles. The molecule has 7 heteroatoms. The lowest BCUT2D eigenvalue weighted by molar-refractivity contribution is -0.123. The van der Waals surface area contributed by atoms with Crippen LogP contribution < -0.4 is 10.9 Å². The average Bonchev–Trinajstić information content (AvgIpc) is 2.43. The Bertz CT molecular complexity index is 510. The number of hydrogen-bond acceptors (Lipinski definition) is 5. The minimum absolute atomic E-state index is 0.0135. The highest BCUT2D eigenvalue weighted by atomic mass is 16.5. The van der Waals surface area contributed by atoms with Gasteiger partial charge in [0.05, 0.1) is 0 Å². The number of aryl methyl sites for hydroxylation is 1. The summed E-state index contributed by atoms with van der Waals surface area (Å²) in [6.45, 7) is 2.07. The van der Waals surface area contributed by atoms with Crippen LogP contribution in [0.5, 0.6) is 0 Å². The van der Waals surface area contributed by atoms with Gasteiger partial charge in [0.25, 0.3) is 11.5 Å². The molecule has 0 aliphatic rings. The van der Waals surface area contributed by atoms with Crippen molar-refractivity contribution in [2.45, 2.75) is 26.3 Å². The zero-order valence-corrected chi connectivity index (χ0v) is 11.0. The van der Waals surface area contributed by atoms with Gasteiger partial charge in [-0.05, 0) is 12.5 Å². The number of likely N-dealkylation sites (N-methyl/N-ethyl adjacent to an activating group) is 1. The number of unbranched alkanes of at least 4 members (excludes halogenated alkanes) is 1. The van der Waals surface area contributed by atoms with E-state index < -0.39 is 11.9 Å². The lowest BCUT2D eigenvalue weighted by Gasteiger charge is -2.06. The van der Waals surface area contributed by atoms with Crippen molar-refractivity contribution < 1.29 is 14.3 Å². The summed E-state index contributed by atoms with van der Waals surface area (Å²) in [5, 5.41) is 6.24. The lowest BCUT2D eigenvalue weighted by Crippen LogP contribution is -2.27. The van der Waals surface area contributed by atoms with Crippen molar-refractivity contribution in [2.24, 2.45) is 0 Å². The third-order valence-electron chi connectivity index (χ3n) is 2.41. The third kappa shape index (κ3) is 4.53. The summed E-state index contributed by atoms with van der Waals surface area (Å²) in [5.74, 6) is -1.14. The Labute approximate surface area is 110 Å². The van der Waals surface area contributed by atoms with Crippen LogP contribution in [0.25, 0.3) is 0 Å². The predicted octanol–water partition coefficient (Wildman–Crippen LogP) is -0.0538. The second kappa shape index (κ2) is 7.30. The van der Waals surface area contributed by atoms with Gasteiger partial charge in [-0.15, -0.1) is 0 Å². The molecule has 0 aromatic carbocycles. The average molecular weight is 267 g/mol. The lowest BCUT2D eigenvalue weighted by atomic mass is 10.3. The Kier molecular flexibility index (Phi) is 5.72. The summed E-state index contributed by atoms with van der Waals surface area (Å²) in [7, 11) is 1.44. The van der Waals surface area contributed by atoms with E-state index in [0.29, 0.717) is 6.54 Å². The molecule has 0 radical (unpaired) electrons. The smallest absolute Gasteiger partial charge is 0.359 e. The minimum atomic E-state index is -0.728. The monoisotopic (exact) mass is 267 g/mol. The summed E-state index contributed by atoms with van der Waals surface area (Å²) >= 11 is 0. The number of rotatable bonds is 6. The standard InChI is InChI=1S/C12H17N3O4/c1-3-4-7-15-11(17)6-5-9(14-15)12(18)19-8-10(16)13-2/h5-6H,3-4,7-8H2,1-2H3,(H,13,16). The van der Waals surface area contributed by atoms with Gasteiger partial charge < -0.3 is 10.1 Å². The molecule has 1 N–H and O–H groups in total. The van der Waals surface area contributed by atoms with Crippen molar-refractivity contribution in [1.29, 1.82) is 0 Å². The Morgan fingerprint density at radius 2 is 2.16 bits per heavy atom. The van der Waals surface area contributed by atoms with Crippen LogP contribution in [-0.2, 0) is 16.1 Å². The SMILES string of the molecule is CCCCn1nc(C(=O)OCC(=O)NC)ccc1=O. The number of nitrogens with zero attached hydrogens (tertiary/aromatic N) is 2. The van der Waals surface area contributed by atoms with Gasteiger partial charge in [0, 0.05) is 19.7 Å². The second-order valence-electron chi connectivity index (χ2n) is 3.88. The van der Waals surface area contributed by atoms with Gasteiger partial charge in [0.15, 0.2) is 12.3 Å². The first-order valence-electron chi connectivity index (χ1n) is 6.04. The van der Waals surface area contributed by atoms with Crippen molar-refractivity contribution >= 4 is 11.9 Å². The quantitative estimate of drug-likeness (QED) is 0.729. The van der Waals surface area contributed by atoms with E-state index in [1.807, 2.05) is 6.92 Å². The van der Waals surface area contributed by atoms with Crippen LogP contribution in [0.2, 0.25) is 0 Å². The highest BCUT2D eigenvalue weighted by Crippen LogP contribution is 1.96. The van der Waals surface area contributed by atoms with Crippen molar-refractivity contribution in [3.63, 3.8) is 0 Å². The van der Waals surface area contributed by atoms with E-state index in [2.05, 4.69) is 10.4 Å². The molecule has 1 heterocycles. The molecule has 1 rings (SSSR count). The number of hydrogen-bond donors (Lipinski definition) is 1. The van der Waals surface area contributed by atoms with Crippen LogP contribution in [0.1, 0.15) is 30.3 Å². The fraction of sp³-hybridized carbons (Fsp3) is 0.500. The first-order valence-corrected chi connectivity index (χ1v) is 6.04. The van der Waals surface area contributed by atoms with Crippen LogP contribution >= 0.6 is 0 Å². The number of nitrogens with one attached hydrogen (secondary N) is 1.